The van der Waals surface area contributed by atoms with Crippen molar-refractivity contribution in [3.8, 4) is 23.1 Å². The molecular formula is C18H15FN4. The number of hydrogen-bond acceptors (Lipinski definition) is 3. The highest BCUT2D eigenvalue weighted by Crippen LogP contribution is 2.26. The van der Waals surface area contributed by atoms with E-state index < -0.39 is 0 Å². The number of benzene rings is 2. The Kier molecular flexibility index (Phi) is 3.67. The van der Waals surface area contributed by atoms with E-state index in [2.05, 4.69) is 22.2 Å². The quantitative estimate of drug-likeness (QED) is 0.722. The van der Waals surface area contributed by atoms with Crippen LogP contribution in [-0.4, -0.2) is 14.8 Å². The summed E-state index contributed by atoms with van der Waals surface area (Å²) in [5.41, 5.74) is 4.84. The predicted molar refractivity (Wildman–Crippen MR) is 85.7 cm³/mol. The smallest absolute Gasteiger partial charge is 0.211 e. The Labute approximate surface area is 133 Å². The van der Waals surface area contributed by atoms with Gasteiger partial charge in [-0.1, -0.05) is 17.7 Å². The number of nitriles is 1. The molecule has 0 amide bonds. The van der Waals surface area contributed by atoms with Gasteiger partial charge in [0.25, 0.3) is 5.82 Å². The fraction of sp³-hybridized carbons (Fsp3) is 0.167. The lowest BCUT2D eigenvalue weighted by molar-refractivity contribution is 0.628. The van der Waals surface area contributed by atoms with Crippen molar-refractivity contribution in [2.75, 3.05) is 0 Å². The molecule has 5 heteroatoms. The van der Waals surface area contributed by atoms with Gasteiger partial charge in [-0.3, -0.25) is 0 Å². The molecule has 3 aromatic rings. The standard InChI is InChI=1S/C18H15FN4/c1-11-8-12(2)17(13(3)9-11)23-18(21-16(10-20)22-23)14-4-6-15(19)7-5-14/h4-9H,1-3H3. The van der Waals surface area contributed by atoms with Crippen LogP contribution in [0, 0.1) is 37.9 Å². The average molecular weight is 306 g/mol. The summed E-state index contributed by atoms with van der Waals surface area (Å²) in [4.78, 5) is 4.28. The van der Waals surface area contributed by atoms with Gasteiger partial charge in [0.1, 0.15) is 11.9 Å². The molecule has 0 radical (unpaired) electrons. The van der Waals surface area contributed by atoms with Crippen LogP contribution in [0.2, 0.25) is 0 Å². The third-order valence-corrected chi connectivity index (χ3v) is 3.66. The molecule has 0 saturated carbocycles. The molecule has 114 valence electrons. The van der Waals surface area contributed by atoms with Crippen molar-refractivity contribution in [3.05, 3.63) is 64.7 Å². The van der Waals surface area contributed by atoms with Crippen molar-refractivity contribution >= 4 is 0 Å². The molecule has 1 heterocycles. The highest BCUT2D eigenvalue weighted by atomic mass is 19.1. The van der Waals surface area contributed by atoms with Gasteiger partial charge in [0.05, 0.1) is 5.69 Å². The number of halogens is 1. The van der Waals surface area contributed by atoms with E-state index in [1.54, 1.807) is 16.8 Å². The van der Waals surface area contributed by atoms with Gasteiger partial charge in [-0.05, 0) is 56.2 Å². The van der Waals surface area contributed by atoms with E-state index in [4.69, 9.17) is 5.26 Å². The van der Waals surface area contributed by atoms with Gasteiger partial charge in [0, 0.05) is 5.56 Å². The molecule has 0 aliphatic rings. The van der Waals surface area contributed by atoms with E-state index in [-0.39, 0.29) is 11.6 Å². The summed E-state index contributed by atoms with van der Waals surface area (Å²) in [7, 11) is 0. The maximum Gasteiger partial charge on any atom is 0.253 e. The molecule has 0 fully saturated rings. The number of aromatic nitrogens is 3. The molecule has 4 nitrogen and oxygen atoms in total. The highest BCUT2D eigenvalue weighted by Gasteiger charge is 2.17. The molecule has 0 unspecified atom stereocenters. The SMILES string of the molecule is Cc1cc(C)c(-n2nc(C#N)nc2-c2ccc(F)cc2)c(C)c1. The fourth-order valence-corrected chi connectivity index (χ4v) is 2.81. The first-order valence-corrected chi connectivity index (χ1v) is 7.21. The second-order valence-corrected chi connectivity index (χ2v) is 5.54. The molecule has 0 atom stereocenters. The van der Waals surface area contributed by atoms with Gasteiger partial charge >= 0.3 is 0 Å². The van der Waals surface area contributed by atoms with Gasteiger partial charge in [-0.2, -0.15) is 10.2 Å². The summed E-state index contributed by atoms with van der Waals surface area (Å²) in [5, 5.41) is 13.4. The number of nitrogens with zero attached hydrogens (tertiary/aromatic N) is 4. The normalized spacial score (nSPS) is 10.6. The fourth-order valence-electron chi connectivity index (χ4n) is 2.81. The Hall–Kier alpha value is -3.00. The summed E-state index contributed by atoms with van der Waals surface area (Å²) in [6.07, 6.45) is 0. The second-order valence-electron chi connectivity index (χ2n) is 5.54. The Morgan fingerprint density at radius 1 is 1.04 bits per heavy atom. The maximum absolute atomic E-state index is 13.2. The van der Waals surface area contributed by atoms with Crippen LogP contribution in [0.25, 0.3) is 17.1 Å². The summed E-state index contributed by atoms with van der Waals surface area (Å²) in [6.45, 7) is 6.03. The minimum atomic E-state index is -0.317. The first-order chi connectivity index (χ1) is 11.0. The van der Waals surface area contributed by atoms with E-state index in [0.29, 0.717) is 11.4 Å². The van der Waals surface area contributed by atoms with Crippen LogP contribution >= 0.6 is 0 Å². The number of aryl methyl sites for hydroxylation is 3. The van der Waals surface area contributed by atoms with Gasteiger partial charge in [-0.15, -0.1) is 5.10 Å². The van der Waals surface area contributed by atoms with Crippen molar-refractivity contribution in [1.29, 1.82) is 5.26 Å². The zero-order valence-electron chi connectivity index (χ0n) is 13.1. The van der Waals surface area contributed by atoms with Gasteiger partial charge in [-0.25, -0.2) is 9.07 Å². The van der Waals surface area contributed by atoms with E-state index in [9.17, 15) is 4.39 Å². The van der Waals surface area contributed by atoms with Crippen LogP contribution in [0.4, 0.5) is 4.39 Å². The summed E-state index contributed by atoms with van der Waals surface area (Å²) in [5.74, 6) is 0.295. The lowest BCUT2D eigenvalue weighted by Gasteiger charge is -2.13. The van der Waals surface area contributed by atoms with Crippen molar-refractivity contribution in [2.45, 2.75) is 20.8 Å². The summed E-state index contributed by atoms with van der Waals surface area (Å²) < 4.78 is 14.8. The topological polar surface area (TPSA) is 54.5 Å². The Morgan fingerprint density at radius 2 is 1.65 bits per heavy atom. The van der Waals surface area contributed by atoms with Crippen molar-refractivity contribution < 1.29 is 4.39 Å². The Balaban J connectivity index is 2.27. The third-order valence-electron chi connectivity index (χ3n) is 3.66. The minimum absolute atomic E-state index is 0.0868. The zero-order chi connectivity index (χ0) is 16.6. The molecule has 2 aromatic carbocycles. The molecule has 0 aliphatic carbocycles. The number of rotatable bonds is 2. The average Bonchev–Trinajstić information content (AvgIpc) is 2.91. The van der Waals surface area contributed by atoms with Crippen LogP contribution in [-0.2, 0) is 0 Å². The van der Waals surface area contributed by atoms with E-state index in [0.717, 1.165) is 22.4 Å². The third kappa shape index (κ3) is 2.71. The monoisotopic (exact) mass is 306 g/mol. The number of hydrogen-bond donors (Lipinski definition) is 0. The van der Waals surface area contributed by atoms with Gasteiger partial charge < -0.3 is 0 Å². The predicted octanol–water partition coefficient (Wildman–Crippen LogP) is 3.87. The lowest BCUT2D eigenvalue weighted by Crippen LogP contribution is -2.05. The van der Waals surface area contributed by atoms with Crippen LogP contribution in [0.5, 0.6) is 0 Å². The first kappa shape index (κ1) is 14.9. The first-order valence-electron chi connectivity index (χ1n) is 7.21. The summed E-state index contributed by atoms with van der Waals surface area (Å²) in [6, 6.07) is 12.1. The van der Waals surface area contributed by atoms with Gasteiger partial charge in [0.2, 0.25) is 0 Å². The van der Waals surface area contributed by atoms with E-state index in [1.165, 1.54) is 12.1 Å². The van der Waals surface area contributed by atoms with Crippen LogP contribution in [0.15, 0.2) is 36.4 Å². The minimum Gasteiger partial charge on any atom is -0.211 e. The molecule has 0 spiro atoms. The molecule has 0 bridgehead atoms. The van der Waals surface area contributed by atoms with Crippen LogP contribution in [0.1, 0.15) is 22.5 Å². The van der Waals surface area contributed by atoms with Crippen LogP contribution < -0.4 is 0 Å². The Bertz CT molecular complexity index is 894. The molecule has 0 aliphatic heterocycles. The highest BCUT2D eigenvalue weighted by molar-refractivity contribution is 5.61. The van der Waals surface area contributed by atoms with E-state index >= 15 is 0 Å². The second kappa shape index (κ2) is 5.65. The molecule has 3 rings (SSSR count). The molecule has 0 saturated heterocycles. The summed E-state index contributed by atoms with van der Waals surface area (Å²) >= 11 is 0. The lowest BCUT2D eigenvalue weighted by atomic mass is 10.0. The van der Waals surface area contributed by atoms with Gasteiger partial charge in [0.15, 0.2) is 5.82 Å². The zero-order valence-corrected chi connectivity index (χ0v) is 13.1. The molecule has 0 N–H and O–H groups in total. The maximum atomic E-state index is 13.2. The largest absolute Gasteiger partial charge is 0.253 e. The van der Waals surface area contributed by atoms with Crippen LogP contribution in [0.3, 0.4) is 0 Å². The van der Waals surface area contributed by atoms with Crippen molar-refractivity contribution in [3.63, 3.8) is 0 Å². The molecule has 23 heavy (non-hydrogen) atoms. The van der Waals surface area contributed by atoms with E-state index in [1.807, 2.05) is 26.8 Å². The molecular weight excluding hydrogens is 291 g/mol. The Morgan fingerprint density at radius 3 is 2.22 bits per heavy atom. The van der Waals surface area contributed by atoms with Crippen molar-refractivity contribution in [1.82, 2.24) is 14.8 Å². The van der Waals surface area contributed by atoms with Crippen molar-refractivity contribution in [2.24, 2.45) is 0 Å². The molecule has 1 aromatic heterocycles.